The summed E-state index contributed by atoms with van der Waals surface area (Å²) in [5, 5.41) is 34.0. The normalized spacial score (nSPS) is 16.1. The lowest BCUT2D eigenvalue weighted by molar-refractivity contribution is -0.384. The number of amidine groups is 1. The molecule has 0 unspecified atom stereocenters. The number of anilines is 2. The van der Waals surface area contributed by atoms with Crippen LogP contribution in [0.25, 0.3) is 15.8 Å². The van der Waals surface area contributed by atoms with E-state index in [0.717, 1.165) is 0 Å². The maximum Gasteiger partial charge on any atom is 0.269 e. The van der Waals surface area contributed by atoms with Crippen LogP contribution >= 0.6 is 22.9 Å². The molecule has 0 spiro atoms. The maximum atomic E-state index is 14.3. The van der Waals surface area contributed by atoms with Gasteiger partial charge in [0, 0.05) is 55.5 Å². The summed E-state index contributed by atoms with van der Waals surface area (Å²) in [6.45, 7) is 0. The smallest absolute Gasteiger partial charge is 0.269 e. The van der Waals surface area contributed by atoms with Gasteiger partial charge in [-0.25, -0.2) is 0 Å². The first-order chi connectivity index (χ1) is 19.3. The van der Waals surface area contributed by atoms with Crippen LogP contribution < -0.4 is 10.3 Å². The van der Waals surface area contributed by atoms with Crippen LogP contribution in [0.2, 0.25) is 5.02 Å². The molecule has 1 aliphatic heterocycles. The monoisotopic (exact) mass is 565 g/mol. The first-order valence-corrected chi connectivity index (χ1v) is 13.5. The van der Waals surface area contributed by atoms with E-state index >= 15 is 0 Å². The van der Waals surface area contributed by atoms with Crippen molar-refractivity contribution in [2.75, 3.05) is 4.90 Å². The molecule has 40 heavy (non-hydrogen) atoms. The number of hydrogen-bond acceptors (Lipinski definition) is 6. The van der Waals surface area contributed by atoms with Crippen LogP contribution in [0.1, 0.15) is 22.6 Å². The molecule has 0 saturated carbocycles. The Morgan fingerprint density at radius 1 is 0.950 bits per heavy atom. The fourth-order valence-electron chi connectivity index (χ4n) is 5.04. The number of aliphatic hydroxyl groups excluding tert-OH is 1. The number of para-hydroxylation sites is 1. The van der Waals surface area contributed by atoms with Gasteiger partial charge in [0.25, 0.3) is 5.69 Å². The minimum absolute atomic E-state index is 0.0135. The Hall–Kier alpha value is -4.79. The third-order valence-corrected chi connectivity index (χ3v) is 8.27. The van der Waals surface area contributed by atoms with Crippen molar-refractivity contribution in [3.05, 3.63) is 151 Å². The Labute approximate surface area is 237 Å². The molecule has 1 aliphatic rings. The zero-order chi connectivity index (χ0) is 28.0. The molecule has 0 saturated heterocycles. The highest BCUT2D eigenvalue weighted by Gasteiger charge is 2.41. The van der Waals surface area contributed by atoms with Gasteiger partial charge in [-0.3, -0.25) is 25.2 Å². The Morgan fingerprint density at radius 2 is 1.60 bits per heavy atom. The Morgan fingerprint density at radius 3 is 2.25 bits per heavy atom. The number of aliphatic hydroxyl groups is 1. The van der Waals surface area contributed by atoms with Gasteiger partial charge in [0.15, 0.2) is 5.43 Å². The van der Waals surface area contributed by atoms with E-state index < -0.39 is 10.8 Å². The molecule has 0 fully saturated rings. The first kappa shape index (κ1) is 25.5. The highest BCUT2D eigenvalue weighted by Crippen LogP contribution is 2.49. The van der Waals surface area contributed by atoms with Gasteiger partial charge in [-0.1, -0.05) is 72.3 Å². The number of nitrogens with zero attached hydrogens (tertiary/aromatic N) is 2. The number of nitro benzene ring substituents is 1. The van der Waals surface area contributed by atoms with Crippen LogP contribution in [0.5, 0.6) is 0 Å². The molecule has 1 atom stereocenters. The van der Waals surface area contributed by atoms with Crippen molar-refractivity contribution in [2.45, 2.75) is 5.92 Å². The van der Waals surface area contributed by atoms with Crippen molar-refractivity contribution in [2.24, 2.45) is 0 Å². The molecule has 6 rings (SSSR count). The van der Waals surface area contributed by atoms with Gasteiger partial charge >= 0.3 is 0 Å². The Kier molecular flexibility index (Phi) is 6.42. The minimum Gasteiger partial charge on any atom is -0.507 e. The van der Waals surface area contributed by atoms with E-state index in [1.54, 1.807) is 59.5 Å². The van der Waals surface area contributed by atoms with Crippen LogP contribution in [-0.2, 0) is 0 Å². The summed E-state index contributed by atoms with van der Waals surface area (Å²) in [4.78, 5) is 26.8. The third-order valence-electron chi connectivity index (χ3n) is 6.88. The number of benzene rings is 4. The van der Waals surface area contributed by atoms with Crippen molar-refractivity contribution in [3.63, 3.8) is 0 Å². The molecular formula is C31H20ClN3O4S. The molecule has 0 aliphatic carbocycles. The Bertz CT molecular complexity index is 1890. The zero-order valence-corrected chi connectivity index (χ0v) is 22.3. The molecule has 9 heteroatoms. The number of nitrogens with one attached hydrogen (secondary N) is 1. The average molecular weight is 566 g/mol. The van der Waals surface area contributed by atoms with E-state index in [2.05, 4.69) is 0 Å². The summed E-state index contributed by atoms with van der Waals surface area (Å²) >= 11 is 7.62. The van der Waals surface area contributed by atoms with Crippen LogP contribution in [0.4, 0.5) is 16.4 Å². The second-order valence-electron chi connectivity index (χ2n) is 9.22. The van der Waals surface area contributed by atoms with Gasteiger partial charge < -0.3 is 5.11 Å². The quantitative estimate of drug-likeness (QED) is 0.130. The predicted molar refractivity (Wildman–Crippen MR) is 160 cm³/mol. The van der Waals surface area contributed by atoms with E-state index in [9.17, 15) is 25.4 Å². The SMILES string of the molecule is N=C1/C(=C(/O)c2ccccc2)[C@@H](c2ccc([N+](=O)[O-])cc2)c2c(sc3cc(Cl)ccc3c2=O)N1c1ccccc1. The molecular weight excluding hydrogens is 546 g/mol. The molecule has 2 heterocycles. The largest absolute Gasteiger partial charge is 0.507 e. The first-order valence-electron chi connectivity index (χ1n) is 12.3. The topological polar surface area (TPSA) is 108 Å². The summed E-state index contributed by atoms with van der Waals surface area (Å²) in [5.74, 6) is -1.03. The van der Waals surface area contributed by atoms with Crippen molar-refractivity contribution in [1.82, 2.24) is 0 Å². The molecule has 0 radical (unpaired) electrons. The summed E-state index contributed by atoms with van der Waals surface area (Å²) in [5.41, 5.74) is 1.88. The number of nitro groups is 1. The standard InChI is InChI=1S/C31H20ClN3O4S/c32-20-13-16-23-24(17-20)40-31-27(29(23)37)25(18-11-14-22(15-12-18)35(38)39)26(28(36)19-7-3-1-4-8-19)30(33)34(31)21-9-5-2-6-10-21/h1-17,25,33,36H/b28-26+,33-30?/t25-/m1/s1. The number of rotatable bonds is 4. The van der Waals surface area contributed by atoms with E-state index in [1.807, 2.05) is 36.4 Å². The van der Waals surface area contributed by atoms with Crippen molar-refractivity contribution in [3.8, 4) is 0 Å². The lowest BCUT2D eigenvalue weighted by atomic mass is 9.80. The molecule has 196 valence electrons. The van der Waals surface area contributed by atoms with Gasteiger partial charge in [-0.05, 0) is 35.9 Å². The second kappa shape index (κ2) is 10.1. The molecule has 5 aromatic rings. The molecule has 2 N–H and O–H groups in total. The highest BCUT2D eigenvalue weighted by molar-refractivity contribution is 7.22. The Balaban J connectivity index is 1.74. The van der Waals surface area contributed by atoms with Crippen LogP contribution in [0, 0.1) is 15.5 Å². The van der Waals surface area contributed by atoms with Gasteiger partial charge in [0.05, 0.1) is 4.92 Å². The van der Waals surface area contributed by atoms with Gasteiger partial charge in [0.2, 0.25) is 0 Å². The highest BCUT2D eigenvalue weighted by atomic mass is 35.5. The van der Waals surface area contributed by atoms with Crippen molar-refractivity contribution in [1.29, 1.82) is 5.41 Å². The summed E-state index contributed by atoms with van der Waals surface area (Å²) in [6.07, 6.45) is 0. The van der Waals surface area contributed by atoms with Gasteiger partial charge in [-0.15, -0.1) is 11.3 Å². The fraction of sp³-hybridized carbons (Fsp3) is 0.0323. The van der Waals surface area contributed by atoms with E-state index in [4.69, 9.17) is 11.6 Å². The third kappa shape index (κ3) is 4.23. The fourth-order valence-corrected chi connectivity index (χ4v) is 6.55. The summed E-state index contributed by atoms with van der Waals surface area (Å²) in [7, 11) is 0. The summed E-state index contributed by atoms with van der Waals surface area (Å²) < 4.78 is 0.659. The molecule has 0 bridgehead atoms. The maximum absolute atomic E-state index is 14.3. The number of halogens is 1. The van der Waals surface area contributed by atoms with Crippen LogP contribution in [0.3, 0.4) is 0 Å². The number of non-ortho nitro benzene ring substituents is 1. The number of hydrogen-bond donors (Lipinski definition) is 2. The number of fused-ring (bicyclic) bond motifs is 2. The predicted octanol–water partition coefficient (Wildman–Crippen LogP) is 8.05. The van der Waals surface area contributed by atoms with Crippen molar-refractivity contribution >= 4 is 61.0 Å². The molecule has 0 amide bonds. The minimum atomic E-state index is -0.868. The second-order valence-corrected chi connectivity index (χ2v) is 10.7. The van der Waals surface area contributed by atoms with E-state index in [1.165, 1.54) is 23.5 Å². The van der Waals surface area contributed by atoms with Crippen molar-refractivity contribution < 1.29 is 10.0 Å². The van der Waals surface area contributed by atoms with E-state index in [0.29, 0.717) is 42.5 Å². The van der Waals surface area contributed by atoms with Crippen LogP contribution in [0.15, 0.2) is 113 Å². The summed E-state index contributed by atoms with van der Waals surface area (Å²) in [6, 6.07) is 29.0. The van der Waals surface area contributed by atoms with Gasteiger partial charge in [0.1, 0.15) is 16.6 Å². The van der Waals surface area contributed by atoms with E-state index in [-0.39, 0.29) is 28.3 Å². The molecule has 1 aromatic heterocycles. The lowest BCUT2D eigenvalue weighted by Crippen LogP contribution is -2.38. The lowest BCUT2D eigenvalue weighted by Gasteiger charge is -2.37. The molecule has 4 aromatic carbocycles. The average Bonchev–Trinajstić information content (AvgIpc) is 2.97. The molecule has 7 nitrogen and oxygen atoms in total. The van der Waals surface area contributed by atoms with Gasteiger partial charge in [-0.2, -0.15) is 0 Å². The van der Waals surface area contributed by atoms with Crippen LogP contribution in [-0.4, -0.2) is 15.9 Å². The zero-order valence-electron chi connectivity index (χ0n) is 20.7.